The second kappa shape index (κ2) is 5.41. The van der Waals surface area contributed by atoms with Gasteiger partial charge in [0.05, 0.1) is 0 Å². The fourth-order valence-electron chi connectivity index (χ4n) is 2.12. The van der Waals surface area contributed by atoms with Crippen LogP contribution in [-0.4, -0.2) is 31.6 Å². The first-order valence-electron chi connectivity index (χ1n) is 6.78. The molecule has 0 saturated carbocycles. The maximum absolute atomic E-state index is 12.8. The molecule has 1 atom stereocenters. The number of alkyl halides is 3. The molecule has 0 aliphatic rings. The highest BCUT2D eigenvalue weighted by molar-refractivity contribution is 5.62. The van der Waals surface area contributed by atoms with Gasteiger partial charge in [-0.05, 0) is 28.4 Å². The van der Waals surface area contributed by atoms with E-state index in [0.717, 1.165) is 12.1 Å². The summed E-state index contributed by atoms with van der Waals surface area (Å²) in [6, 6.07) is 5.10. The summed E-state index contributed by atoms with van der Waals surface area (Å²) in [5, 5.41) is 16.6. The number of aliphatic hydroxyl groups is 1. The van der Waals surface area contributed by atoms with E-state index in [1.165, 1.54) is 12.1 Å². The van der Waals surface area contributed by atoms with Gasteiger partial charge in [0.1, 0.15) is 5.69 Å². The van der Waals surface area contributed by atoms with Gasteiger partial charge in [0.2, 0.25) is 11.3 Å². The lowest BCUT2D eigenvalue weighted by Crippen LogP contribution is -2.39. The Balaban J connectivity index is 1.88. The second-order valence-corrected chi connectivity index (χ2v) is 5.39. The minimum absolute atomic E-state index is 0.0760. The van der Waals surface area contributed by atoms with Crippen molar-refractivity contribution >= 4 is 11.3 Å². The Morgan fingerprint density at radius 2 is 1.88 bits per heavy atom. The number of fused-ring (bicyclic) bond motifs is 1. The Hall–Kier alpha value is -2.75. The van der Waals surface area contributed by atoms with Crippen LogP contribution in [0.25, 0.3) is 11.3 Å². The molecule has 0 aliphatic heterocycles. The van der Waals surface area contributed by atoms with E-state index in [9.17, 15) is 23.1 Å². The van der Waals surface area contributed by atoms with Crippen molar-refractivity contribution in [1.82, 2.24) is 20.3 Å². The van der Waals surface area contributed by atoms with Crippen LogP contribution >= 0.6 is 0 Å². The molecule has 0 aliphatic carbocycles. The van der Waals surface area contributed by atoms with Gasteiger partial charge in [-0.2, -0.15) is 13.2 Å². The van der Waals surface area contributed by atoms with Crippen LogP contribution in [0.15, 0.2) is 33.7 Å². The molecule has 3 rings (SSSR count). The Kier molecular flexibility index (Phi) is 3.63. The average Bonchev–Trinajstić information content (AvgIpc) is 2.94. The van der Waals surface area contributed by atoms with Crippen LogP contribution in [0, 0.1) is 0 Å². The zero-order valence-corrected chi connectivity index (χ0v) is 12.3. The number of aromatic amines is 1. The van der Waals surface area contributed by atoms with Crippen molar-refractivity contribution in [3.05, 3.63) is 51.4 Å². The Morgan fingerprint density at radius 1 is 1.21 bits per heavy atom. The summed E-state index contributed by atoms with van der Waals surface area (Å²) in [5.41, 5.74) is -2.84. The molecule has 0 amide bonds. The molecule has 2 heterocycles. The summed E-state index contributed by atoms with van der Waals surface area (Å²) in [7, 11) is 0. The third kappa shape index (κ3) is 2.75. The van der Waals surface area contributed by atoms with E-state index >= 15 is 0 Å². The van der Waals surface area contributed by atoms with Gasteiger partial charge in [0, 0.05) is 6.42 Å². The van der Waals surface area contributed by atoms with Gasteiger partial charge < -0.3 is 5.11 Å². The van der Waals surface area contributed by atoms with Crippen molar-refractivity contribution in [2.45, 2.75) is 25.1 Å². The van der Waals surface area contributed by atoms with Crippen LogP contribution < -0.4 is 5.56 Å². The molecule has 2 N–H and O–H groups in total. The number of rotatable bonds is 3. The molecule has 0 saturated heterocycles. The molecular weight excluding hydrogens is 329 g/mol. The van der Waals surface area contributed by atoms with Gasteiger partial charge in [-0.1, -0.05) is 24.3 Å². The molecule has 0 bridgehead atoms. The predicted octanol–water partition coefficient (Wildman–Crippen LogP) is 1.67. The van der Waals surface area contributed by atoms with E-state index in [1.807, 2.05) is 0 Å². The third-order valence-electron chi connectivity index (χ3n) is 3.65. The van der Waals surface area contributed by atoms with E-state index in [0.29, 0.717) is 12.5 Å². The van der Waals surface area contributed by atoms with Crippen molar-refractivity contribution in [1.29, 1.82) is 0 Å². The highest BCUT2D eigenvalue weighted by Gasteiger charge is 2.51. The first-order valence-corrected chi connectivity index (χ1v) is 6.78. The number of aromatic nitrogens is 4. The van der Waals surface area contributed by atoms with Crippen LogP contribution in [0.2, 0.25) is 0 Å². The summed E-state index contributed by atoms with van der Waals surface area (Å²) in [5.74, 6) is 0. The molecule has 0 fully saturated rings. The Bertz CT molecular complexity index is 929. The number of nitrogens with one attached hydrogen (secondary N) is 1. The number of H-pyrrole nitrogens is 1. The second-order valence-electron chi connectivity index (χ2n) is 5.39. The molecule has 126 valence electrons. The fraction of sp³-hybridized carbons (Fsp3) is 0.286. The first kappa shape index (κ1) is 16.1. The van der Waals surface area contributed by atoms with Crippen molar-refractivity contribution in [2.24, 2.45) is 0 Å². The monoisotopic (exact) mass is 340 g/mol. The van der Waals surface area contributed by atoms with Crippen LogP contribution in [0.5, 0.6) is 0 Å². The number of hydrogen-bond donors (Lipinski definition) is 2. The Labute approximate surface area is 132 Å². The van der Waals surface area contributed by atoms with Crippen molar-refractivity contribution in [3.8, 4) is 0 Å². The standard InChI is InChI=1S/C14H11F3N4O3/c1-13(23,14(15,16)17)8-4-2-7(3-5-8)6-9-12(22)19-11-10(18-9)20-24-21-11/h2-5,23H,6H2,1H3,(H,19,21,22). The van der Waals surface area contributed by atoms with Crippen LogP contribution in [0.3, 0.4) is 0 Å². The molecule has 10 heteroatoms. The van der Waals surface area contributed by atoms with Crippen LogP contribution in [-0.2, 0) is 12.0 Å². The fourth-order valence-corrected chi connectivity index (χ4v) is 2.12. The summed E-state index contributed by atoms with van der Waals surface area (Å²) in [6.07, 6.45) is -4.72. The molecule has 1 aromatic carbocycles. The highest BCUT2D eigenvalue weighted by Crippen LogP contribution is 2.38. The normalized spacial score (nSPS) is 14.7. The van der Waals surface area contributed by atoms with E-state index < -0.39 is 17.3 Å². The lowest BCUT2D eigenvalue weighted by atomic mass is 9.94. The van der Waals surface area contributed by atoms with E-state index in [-0.39, 0.29) is 29.0 Å². The van der Waals surface area contributed by atoms with E-state index in [4.69, 9.17) is 0 Å². The number of hydrogen-bond acceptors (Lipinski definition) is 6. The largest absolute Gasteiger partial charge is 0.421 e. The SMILES string of the molecule is CC(O)(c1ccc(Cc2nc3nonc3[nH]c2=O)cc1)C(F)(F)F. The van der Waals surface area contributed by atoms with E-state index in [1.54, 1.807) is 0 Å². The summed E-state index contributed by atoms with van der Waals surface area (Å²) in [4.78, 5) is 18.3. The summed E-state index contributed by atoms with van der Waals surface area (Å²) < 4.78 is 42.9. The Morgan fingerprint density at radius 3 is 2.50 bits per heavy atom. The molecule has 1 unspecified atom stereocenters. The molecule has 2 aromatic heterocycles. The lowest BCUT2D eigenvalue weighted by molar-refractivity contribution is -0.258. The van der Waals surface area contributed by atoms with Gasteiger partial charge >= 0.3 is 6.18 Å². The highest BCUT2D eigenvalue weighted by atomic mass is 19.4. The molecule has 24 heavy (non-hydrogen) atoms. The minimum Gasteiger partial charge on any atom is -0.376 e. The molecule has 0 spiro atoms. The van der Waals surface area contributed by atoms with Gasteiger partial charge in [0.25, 0.3) is 5.56 Å². The molecule has 7 nitrogen and oxygen atoms in total. The average molecular weight is 340 g/mol. The quantitative estimate of drug-likeness (QED) is 0.751. The van der Waals surface area contributed by atoms with Gasteiger partial charge in [-0.3, -0.25) is 9.78 Å². The number of benzene rings is 1. The summed E-state index contributed by atoms with van der Waals surface area (Å²) in [6.45, 7) is 0.680. The summed E-state index contributed by atoms with van der Waals surface area (Å²) >= 11 is 0. The molecule has 0 radical (unpaired) electrons. The maximum atomic E-state index is 12.8. The number of halogens is 3. The van der Waals surface area contributed by atoms with Crippen molar-refractivity contribution in [2.75, 3.05) is 0 Å². The molecular formula is C14H11F3N4O3. The predicted molar refractivity (Wildman–Crippen MR) is 75.1 cm³/mol. The van der Waals surface area contributed by atoms with Gasteiger partial charge in [-0.15, -0.1) is 0 Å². The van der Waals surface area contributed by atoms with Gasteiger partial charge in [-0.25, -0.2) is 9.61 Å². The zero-order valence-electron chi connectivity index (χ0n) is 12.3. The molecule has 3 aromatic rings. The zero-order chi connectivity index (χ0) is 17.5. The third-order valence-corrected chi connectivity index (χ3v) is 3.65. The minimum atomic E-state index is -4.79. The van der Waals surface area contributed by atoms with Crippen LogP contribution in [0.4, 0.5) is 13.2 Å². The topological polar surface area (TPSA) is 105 Å². The number of nitrogens with zero attached hydrogens (tertiary/aromatic N) is 3. The van der Waals surface area contributed by atoms with Gasteiger partial charge in [0.15, 0.2) is 5.60 Å². The maximum Gasteiger partial charge on any atom is 0.421 e. The van der Waals surface area contributed by atoms with Crippen LogP contribution in [0.1, 0.15) is 23.7 Å². The first-order chi connectivity index (χ1) is 11.2. The lowest BCUT2D eigenvalue weighted by Gasteiger charge is -2.26. The smallest absolute Gasteiger partial charge is 0.376 e. The van der Waals surface area contributed by atoms with E-state index in [2.05, 4.69) is 24.9 Å². The van der Waals surface area contributed by atoms with Crippen molar-refractivity contribution in [3.63, 3.8) is 0 Å². The van der Waals surface area contributed by atoms with Crippen molar-refractivity contribution < 1.29 is 22.9 Å².